The van der Waals surface area contributed by atoms with Crippen molar-refractivity contribution in [3.63, 3.8) is 0 Å². The summed E-state index contributed by atoms with van der Waals surface area (Å²) in [5.41, 5.74) is 4.08. The van der Waals surface area contributed by atoms with Gasteiger partial charge in [-0.2, -0.15) is 0 Å². The van der Waals surface area contributed by atoms with Crippen LogP contribution < -0.4 is 5.32 Å². The molecule has 0 atom stereocenters. The highest BCUT2D eigenvalue weighted by Gasteiger charge is 2.11. The van der Waals surface area contributed by atoms with E-state index >= 15 is 0 Å². The predicted molar refractivity (Wildman–Crippen MR) is 74.6 cm³/mol. The van der Waals surface area contributed by atoms with E-state index in [0.717, 1.165) is 12.1 Å². The zero-order chi connectivity index (χ0) is 13.0. The Morgan fingerprint density at radius 1 is 1.22 bits per heavy atom. The third-order valence-corrected chi connectivity index (χ3v) is 3.49. The van der Waals surface area contributed by atoms with Crippen molar-refractivity contribution in [2.75, 3.05) is 6.54 Å². The third kappa shape index (κ3) is 3.59. The normalized spacial score (nSPS) is 14.4. The maximum absolute atomic E-state index is 11.8. The quantitative estimate of drug-likeness (QED) is 0.868. The molecule has 0 bridgehead atoms. The number of aryl methyl sites for hydroxylation is 2. The number of nitrogens with one attached hydrogen (secondary N) is 1. The van der Waals surface area contributed by atoms with Gasteiger partial charge in [-0.3, -0.25) is 4.79 Å². The molecule has 1 aromatic carbocycles. The van der Waals surface area contributed by atoms with Crippen LogP contribution in [0.2, 0.25) is 0 Å². The van der Waals surface area contributed by atoms with Crippen molar-refractivity contribution in [2.24, 2.45) is 5.92 Å². The van der Waals surface area contributed by atoms with Crippen LogP contribution in [0.1, 0.15) is 43.4 Å². The minimum Gasteiger partial charge on any atom is -0.356 e. The summed E-state index contributed by atoms with van der Waals surface area (Å²) >= 11 is 0. The average Bonchev–Trinajstić information content (AvgIpc) is 2.36. The highest BCUT2D eigenvalue weighted by Crippen LogP contribution is 2.22. The van der Waals surface area contributed by atoms with Crippen molar-refractivity contribution in [3.05, 3.63) is 34.9 Å². The molecular weight excluding hydrogens is 222 g/mol. The van der Waals surface area contributed by atoms with Crippen LogP contribution >= 0.6 is 0 Å². The van der Waals surface area contributed by atoms with Crippen LogP contribution in [0.15, 0.2) is 18.2 Å². The molecule has 2 heteroatoms. The van der Waals surface area contributed by atoms with Crippen molar-refractivity contribution < 1.29 is 4.79 Å². The highest BCUT2D eigenvalue weighted by molar-refractivity contribution is 5.78. The molecule has 98 valence electrons. The molecular formula is C16H23NO. The van der Waals surface area contributed by atoms with Gasteiger partial charge in [-0.25, -0.2) is 0 Å². The van der Waals surface area contributed by atoms with Gasteiger partial charge in [-0.15, -0.1) is 0 Å². The van der Waals surface area contributed by atoms with Gasteiger partial charge in [0, 0.05) is 6.54 Å². The fraction of sp³-hybridized carbons (Fsp3) is 0.562. The second kappa shape index (κ2) is 6.03. The first-order chi connectivity index (χ1) is 8.65. The first kappa shape index (κ1) is 13.1. The lowest BCUT2D eigenvalue weighted by molar-refractivity contribution is -0.120. The number of hydrogen-bond acceptors (Lipinski definition) is 1. The molecule has 1 N–H and O–H groups in total. The number of carbonyl (C=O) groups is 1. The smallest absolute Gasteiger partial charge is 0.224 e. The van der Waals surface area contributed by atoms with Crippen LogP contribution in [0.4, 0.5) is 0 Å². The van der Waals surface area contributed by atoms with E-state index in [9.17, 15) is 4.79 Å². The molecule has 0 saturated carbocycles. The zero-order valence-electron chi connectivity index (χ0n) is 11.5. The van der Waals surface area contributed by atoms with Gasteiger partial charge < -0.3 is 5.32 Å². The van der Waals surface area contributed by atoms with E-state index in [-0.39, 0.29) is 5.91 Å². The molecule has 1 aliphatic carbocycles. The lowest BCUT2D eigenvalue weighted by Crippen LogP contribution is -2.28. The van der Waals surface area contributed by atoms with Crippen LogP contribution in [0, 0.1) is 5.92 Å². The number of amides is 1. The minimum absolute atomic E-state index is 0.138. The second-order valence-electron chi connectivity index (χ2n) is 5.68. The van der Waals surface area contributed by atoms with E-state index in [1.807, 2.05) is 0 Å². The molecule has 2 rings (SSSR count). The molecule has 0 spiro atoms. The molecule has 0 aromatic heterocycles. The SMILES string of the molecule is CC(C)CNC(=O)Cc1ccc2c(c1)CCCC2. The molecule has 0 fully saturated rings. The Labute approximate surface area is 110 Å². The van der Waals surface area contributed by atoms with Gasteiger partial charge in [0.25, 0.3) is 0 Å². The van der Waals surface area contributed by atoms with Crippen LogP contribution in [0.25, 0.3) is 0 Å². The first-order valence-corrected chi connectivity index (χ1v) is 7.02. The second-order valence-corrected chi connectivity index (χ2v) is 5.68. The summed E-state index contributed by atoms with van der Waals surface area (Å²) in [5.74, 6) is 0.650. The summed E-state index contributed by atoms with van der Waals surface area (Å²) in [6.07, 6.45) is 5.49. The van der Waals surface area contributed by atoms with Gasteiger partial charge in [-0.1, -0.05) is 32.0 Å². The number of rotatable bonds is 4. The van der Waals surface area contributed by atoms with Gasteiger partial charge in [-0.05, 0) is 48.3 Å². The van der Waals surface area contributed by atoms with Crippen LogP contribution in [-0.2, 0) is 24.1 Å². The van der Waals surface area contributed by atoms with Crippen molar-refractivity contribution in [1.82, 2.24) is 5.32 Å². The summed E-state index contributed by atoms with van der Waals surface area (Å²) in [6, 6.07) is 6.54. The van der Waals surface area contributed by atoms with E-state index < -0.39 is 0 Å². The summed E-state index contributed by atoms with van der Waals surface area (Å²) in [4.78, 5) is 11.8. The topological polar surface area (TPSA) is 29.1 Å². The Hall–Kier alpha value is -1.31. The summed E-state index contributed by atoms with van der Waals surface area (Å²) < 4.78 is 0. The lowest BCUT2D eigenvalue weighted by Gasteiger charge is -2.16. The van der Waals surface area contributed by atoms with Gasteiger partial charge in [0.15, 0.2) is 0 Å². The van der Waals surface area contributed by atoms with Gasteiger partial charge in [0.1, 0.15) is 0 Å². The molecule has 2 nitrogen and oxygen atoms in total. The lowest BCUT2D eigenvalue weighted by atomic mass is 9.90. The standard InChI is InChI=1S/C16H23NO/c1-12(2)11-17-16(18)10-13-7-8-14-5-3-4-6-15(14)9-13/h7-9,12H,3-6,10-11H2,1-2H3,(H,17,18). The Kier molecular flexibility index (Phi) is 4.40. The molecule has 0 aliphatic heterocycles. The Morgan fingerprint density at radius 2 is 1.94 bits per heavy atom. The summed E-state index contributed by atoms with van der Waals surface area (Å²) in [7, 11) is 0. The third-order valence-electron chi connectivity index (χ3n) is 3.49. The highest BCUT2D eigenvalue weighted by atomic mass is 16.1. The molecule has 18 heavy (non-hydrogen) atoms. The molecule has 0 saturated heterocycles. The van der Waals surface area contributed by atoms with Crippen LogP contribution in [-0.4, -0.2) is 12.5 Å². The Bertz CT molecular complexity index is 423. The minimum atomic E-state index is 0.138. The monoisotopic (exact) mass is 245 g/mol. The number of carbonyl (C=O) groups excluding carboxylic acids is 1. The van der Waals surface area contributed by atoms with Crippen molar-refractivity contribution >= 4 is 5.91 Å². The first-order valence-electron chi connectivity index (χ1n) is 7.02. The molecule has 0 radical (unpaired) electrons. The summed E-state index contributed by atoms with van der Waals surface area (Å²) in [5, 5.41) is 2.97. The average molecular weight is 245 g/mol. The Morgan fingerprint density at radius 3 is 2.67 bits per heavy atom. The molecule has 1 amide bonds. The Balaban J connectivity index is 1.95. The van der Waals surface area contributed by atoms with E-state index in [0.29, 0.717) is 12.3 Å². The van der Waals surface area contributed by atoms with Crippen molar-refractivity contribution in [2.45, 2.75) is 46.0 Å². The van der Waals surface area contributed by atoms with Gasteiger partial charge >= 0.3 is 0 Å². The van der Waals surface area contributed by atoms with E-state index in [4.69, 9.17) is 0 Å². The van der Waals surface area contributed by atoms with E-state index in [1.165, 1.54) is 36.8 Å². The molecule has 1 aliphatic rings. The maximum atomic E-state index is 11.8. The number of benzene rings is 1. The fourth-order valence-corrected chi connectivity index (χ4v) is 2.46. The fourth-order valence-electron chi connectivity index (χ4n) is 2.46. The van der Waals surface area contributed by atoms with E-state index in [1.54, 1.807) is 0 Å². The molecule has 0 heterocycles. The molecule has 0 unspecified atom stereocenters. The summed E-state index contributed by atoms with van der Waals surface area (Å²) in [6.45, 7) is 4.99. The van der Waals surface area contributed by atoms with Crippen LogP contribution in [0.3, 0.4) is 0 Å². The molecule has 1 aromatic rings. The van der Waals surface area contributed by atoms with Gasteiger partial charge in [0.2, 0.25) is 5.91 Å². The van der Waals surface area contributed by atoms with Crippen molar-refractivity contribution in [3.8, 4) is 0 Å². The van der Waals surface area contributed by atoms with Gasteiger partial charge in [0.05, 0.1) is 6.42 Å². The van der Waals surface area contributed by atoms with Crippen molar-refractivity contribution in [1.29, 1.82) is 0 Å². The number of fused-ring (bicyclic) bond motifs is 1. The zero-order valence-corrected chi connectivity index (χ0v) is 11.5. The maximum Gasteiger partial charge on any atom is 0.224 e. The largest absolute Gasteiger partial charge is 0.356 e. The predicted octanol–water partition coefficient (Wildman–Crippen LogP) is 2.88. The number of hydrogen-bond donors (Lipinski definition) is 1. The van der Waals surface area contributed by atoms with Crippen LogP contribution in [0.5, 0.6) is 0 Å². The van der Waals surface area contributed by atoms with E-state index in [2.05, 4.69) is 37.4 Å².